The molecule has 0 saturated carbocycles. The number of rotatable bonds is 0. The van der Waals surface area contributed by atoms with Crippen molar-refractivity contribution in [3.05, 3.63) is 0 Å². The van der Waals surface area contributed by atoms with Gasteiger partial charge in [0.15, 0.2) is 0 Å². The second-order valence-electron chi connectivity index (χ2n) is 0. The third kappa shape index (κ3) is 10.1. The zero-order valence-corrected chi connectivity index (χ0v) is 8.35. The van der Waals surface area contributed by atoms with Crippen molar-refractivity contribution in [1.82, 2.24) is 0 Å². The van der Waals surface area contributed by atoms with E-state index in [2.05, 4.69) is 0 Å². The van der Waals surface area contributed by atoms with Crippen molar-refractivity contribution in [2.24, 2.45) is 0 Å². The monoisotopic (exact) mass is 675 g/mol. The molecule has 0 heterocycles. The first kappa shape index (κ1) is 23.1. The van der Waals surface area contributed by atoms with E-state index in [1.165, 1.54) is 0 Å². The molecule has 3 radical (unpaired) electrons. The van der Waals surface area contributed by atoms with Gasteiger partial charge in [0.05, 0.1) is 0 Å². The average Bonchev–Trinajstić information content (AvgIpc) is 0. The largest absolute Gasteiger partial charge is 0 e. The summed E-state index contributed by atoms with van der Waals surface area (Å²) in [5.41, 5.74) is 0. The van der Waals surface area contributed by atoms with Crippen LogP contribution in [0.3, 0.4) is 0 Å². The van der Waals surface area contributed by atoms with Gasteiger partial charge in [-0.05, 0) is 0 Å². The number of hydrogen-bond acceptors (Lipinski definition) is 0. The van der Waals surface area contributed by atoms with Crippen molar-refractivity contribution >= 4 is 0 Å². The minimum atomic E-state index is 0. The summed E-state index contributed by atoms with van der Waals surface area (Å²) >= 11 is 0. The van der Waals surface area contributed by atoms with Crippen molar-refractivity contribution in [2.45, 2.75) is 0 Å². The first-order valence-electron chi connectivity index (χ1n) is 0. The van der Waals surface area contributed by atoms with Gasteiger partial charge >= 0.3 is 0 Å². The smallest absolute Gasteiger partial charge is 0 e. The van der Waals surface area contributed by atoms with Crippen LogP contribution in [-0.4, -0.2) is 0 Å². The van der Waals surface area contributed by atoms with Crippen LogP contribution in [0.4, 0.5) is 0 Å². The molecule has 0 fully saturated rings. The summed E-state index contributed by atoms with van der Waals surface area (Å²) in [5.74, 6) is 0. The molecule has 0 atom stereocenters. The maximum Gasteiger partial charge on any atom is 0 e. The zero-order chi connectivity index (χ0) is 0. The van der Waals surface area contributed by atoms with E-state index in [0.29, 0.717) is 0 Å². The molecule has 0 nitrogen and oxygen atoms in total. The molecular weight excluding hydrogens is 676 g/mol. The van der Waals surface area contributed by atoms with E-state index in [9.17, 15) is 0 Å². The minimum absolute atomic E-state index is 0. The van der Waals surface area contributed by atoms with Gasteiger partial charge in [-0.15, -0.1) is 0 Å². The summed E-state index contributed by atoms with van der Waals surface area (Å²) in [7, 11) is 0. The molecule has 0 aromatic heterocycles. The summed E-state index contributed by atoms with van der Waals surface area (Å²) in [6.45, 7) is 0. The van der Waals surface area contributed by atoms with Crippen LogP contribution >= 0.6 is 0 Å². The molecule has 0 spiro atoms. The van der Waals surface area contributed by atoms with E-state index in [1.54, 1.807) is 0 Å². The topological polar surface area (TPSA) is 0 Å². The second kappa shape index (κ2) is 15.7. The fourth-order valence-electron chi connectivity index (χ4n) is 0. The standard InChI is InChI=1S/Er.Ho.Lu.Tm. The van der Waals surface area contributed by atoms with Gasteiger partial charge in [0.25, 0.3) is 0 Å². The molecule has 0 bridgehead atoms. The van der Waals surface area contributed by atoms with Gasteiger partial charge in [-0.25, -0.2) is 0 Å². The Labute approximate surface area is 144 Å². The molecule has 4 heavy (non-hydrogen) atoms. The molecule has 0 aromatic carbocycles. The van der Waals surface area contributed by atoms with Crippen LogP contribution in [0.1, 0.15) is 0 Å². The minimum Gasteiger partial charge on any atom is 0 e. The van der Waals surface area contributed by atoms with Crippen LogP contribution in [0, 0.1) is 149 Å². The maximum atomic E-state index is 0. The Morgan fingerprint density at radius 1 is 1.00 bits per heavy atom. The Balaban J connectivity index is 0. The summed E-state index contributed by atoms with van der Waals surface area (Å²) < 4.78 is 0. The quantitative estimate of drug-likeness (QED) is 0.318. The Kier molecular flexibility index (Phi) is 90.4. The molecular formula is ErHoLuTm. The van der Waals surface area contributed by atoms with Crippen LogP contribution in [0.25, 0.3) is 0 Å². The van der Waals surface area contributed by atoms with Crippen molar-refractivity contribution in [2.75, 3.05) is 0 Å². The van der Waals surface area contributed by atoms with Gasteiger partial charge in [0.2, 0.25) is 0 Å². The third-order valence-electron chi connectivity index (χ3n) is 0. The number of hydrogen-bond donors (Lipinski definition) is 0. The first-order chi connectivity index (χ1) is 0. The van der Waals surface area contributed by atoms with E-state index in [1.807, 2.05) is 0 Å². The fraction of sp³-hybridized carbons (Fsp3) is 0. The summed E-state index contributed by atoms with van der Waals surface area (Å²) in [6, 6.07) is 0. The van der Waals surface area contributed by atoms with Crippen LogP contribution in [-0.2, 0) is 0 Å². The molecule has 0 saturated heterocycles. The van der Waals surface area contributed by atoms with Crippen LogP contribution in [0.2, 0.25) is 0 Å². The predicted octanol–water partition coefficient (Wildman–Crippen LogP) is 0. The Hall–Kier alpha value is 4.97. The van der Waals surface area contributed by atoms with Gasteiger partial charge in [-0.2, -0.15) is 0 Å². The summed E-state index contributed by atoms with van der Waals surface area (Å²) in [6.07, 6.45) is 0. The molecule has 0 amide bonds. The summed E-state index contributed by atoms with van der Waals surface area (Å²) in [4.78, 5) is 0. The Morgan fingerprint density at radius 2 is 1.00 bits per heavy atom. The van der Waals surface area contributed by atoms with Gasteiger partial charge in [-0.1, -0.05) is 0 Å². The Morgan fingerprint density at radius 3 is 1.00 bits per heavy atom. The molecule has 0 aromatic rings. The second-order valence-corrected chi connectivity index (χ2v) is 0. The molecule has 0 aliphatic rings. The van der Waals surface area contributed by atoms with Crippen LogP contribution in [0.5, 0.6) is 0 Å². The van der Waals surface area contributed by atoms with Gasteiger partial charge < -0.3 is 0 Å². The van der Waals surface area contributed by atoms with Crippen molar-refractivity contribution in [3.8, 4) is 0 Å². The van der Waals surface area contributed by atoms with Crippen molar-refractivity contribution in [1.29, 1.82) is 0 Å². The average molecular weight is 676 g/mol. The molecule has 51 valence electrons. The first-order valence-corrected chi connectivity index (χ1v) is 0. The fourth-order valence-corrected chi connectivity index (χ4v) is 0. The predicted molar refractivity (Wildman–Crippen MR) is 0 cm³/mol. The molecule has 0 rings (SSSR count). The molecule has 4 heteroatoms. The zero-order valence-electron chi connectivity index (χ0n) is 1.13. The summed E-state index contributed by atoms with van der Waals surface area (Å²) in [5, 5.41) is 0. The maximum absolute atomic E-state index is 0. The molecule has 0 aliphatic carbocycles. The van der Waals surface area contributed by atoms with Gasteiger partial charge in [0.1, 0.15) is 0 Å². The third-order valence-corrected chi connectivity index (χ3v) is 0. The van der Waals surface area contributed by atoms with E-state index >= 15 is 0 Å². The SMILES string of the molecule is [Er].[Ho].[Lu].[Tm]. The molecule has 0 aliphatic heterocycles. The molecule has 0 unspecified atom stereocenters. The van der Waals surface area contributed by atoms with Gasteiger partial charge in [-0.3, -0.25) is 0 Å². The van der Waals surface area contributed by atoms with E-state index in [-0.39, 0.29) is 149 Å². The van der Waals surface area contributed by atoms with Crippen LogP contribution < -0.4 is 0 Å². The van der Waals surface area contributed by atoms with Crippen LogP contribution in [0.15, 0.2) is 0 Å². The van der Waals surface area contributed by atoms with E-state index in [0.717, 1.165) is 0 Å². The van der Waals surface area contributed by atoms with E-state index < -0.39 is 0 Å². The van der Waals surface area contributed by atoms with Gasteiger partial charge in [0, 0.05) is 149 Å². The molecule has 0 N–H and O–H groups in total. The Bertz CT molecular complexity index is 8.00. The van der Waals surface area contributed by atoms with Crippen molar-refractivity contribution in [3.63, 3.8) is 0 Å². The normalized spacial score (nSPS) is 0. The van der Waals surface area contributed by atoms with E-state index in [4.69, 9.17) is 0 Å². The van der Waals surface area contributed by atoms with Crippen molar-refractivity contribution < 1.29 is 149 Å².